The van der Waals surface area contributed by atoms with Gasteiger partial charge in [-0.05, 0) is 96.3 Å². The third-order valence-corrected chi connectivity index (χ3v) is 11.5. The van der Waals surface area contributed by atoms with E-state index < -0.39 is 6.10 Å². The predicted octanol–water partition coefficient (Wildman–Crippen LogP) is 17.6. The van der Waals surface area contributed by atoms with Crippen molar-refractivity contribution in [1.82, 2.24) is 0 Å². The molecule has 0 heterocycles. The summed E-state index contributed by atoms with van der Waals surface area (Å²) in [4.78, 5) is 38.0. The lowest BCUT2D eigenvalue weighted by Gasteiger charge is -2.18. The number of ether oxygens (including phenoxy) is 3. The van der Waals surface area contributed by atoms with E-state index in [1.165, 1.54) is 122 Å². The van der Waals surface area contributed by atoms with Gasteiger partial charge in [-0.1, -0.05) is 210 Å². The minimum atomic E-state index is -0.788. The van der Waals surface area contributed by atoms with E-state index in [0.717, 1.165) is 103 Å². The third-order valence-electron chi connectivity index (χ3n) is 11.5. The molecule has 0 saturated heterocycles. The molecule has 0 aliphatic carbocycles. The normalized spacial score (nSPS) is 12.5. The molecule has 6 heteroatoms. The first-order chi connectivity index (χ1) is 31.0. The van der Waals surface area contributed by atoms with Crippen molar-refractivity contribution in [2.45, 2.75) is 271 Å². The predicted molar refractivity (Wildman–Crippen MR) is 270 cm³/mol. The number of carbonyl (C=O) groups is 3. The van der Waals surface area contributed by atoms with Crippen molar-refractivity contribution in [3.8, 4) is 0 Å². The maximum absolute atomic E-state index is 12.8. The molecule has 0 aliphatic heterocycles. The second-order valence-electron chi connectivity index (χ2n) is 17.8. The molecule has 0 N–H and O–H groups in total. The van der Waals surface area contributed by atoms with Gasteiger partial charge in [-0.15, -0.1) is 0 Å². The number of unbranched alkanes of at least 4 members (excludes halogenated alkanes) is 27. The smallest absolute Gasteiger partial charge is 0.306 e. The molecule has 364 valence electrons. The lowest BCUT2D eigenvalue weighted by Crippen LogP contribution is -2.30. The average molecular weight is 881 g/mol. The van der Waals surface area contributed by atoms with Crippen molar-refractivity contribution in [2.75, 3.05) is 13.2 Å². The van der Waals surface area contributed by atoms with Crippen LogP contribution in [-0.4, -0.2) is 37.2 Å². The molecule has 0 aromatic heterocycles. The Bertz CT molecular complexity index is 1150. The number of esters is 3. The van der Waals surface area contributed by atoms with Crippen molar-refractivity contribution in [3.63, 3.8) is 0 Å². The van der Waals surface area contributed by atoms with Crippen LogP contribution in [0.25, 0.3) is 0 Å². The highest BCUT2D eigenvalue weighted by atomic mass is 16.6. The Balaban J connectivity index is 4.41. The molecule has 0 aliphatic rings. The number of hydrogen-bond acceptors (Lipinski definition) is 6. The SMILES string of the molecule is CCCC/C=C/C/C=C/CCCCCCCC(=O)OC[C@H](COC(=O)CCCCCCCCC/C=C/CCCCCCCC)OC(=O)CCCCCCC/C=C/C/C=C/CCCC. The van der Waals surface area contributed by atoms with Crippen molar-refractivity contribution in [3.05, 3.63) is 60.8 Å². The second-order valence-corrected chi connectivity index (χ2v) is 17.8. The molecule has 0 unspecified atom stereocenters. The highest BCUT2D eigenvalue weighted by molar-refractivity contribution is 5.71. The van der Waals surface area contributed by atoms with Crippen molar-refractivity contribution >= 4 is 17.9 Å². The maximum atomic E-state index is 12.8. The van der Waals surface area contributed by atoms with Crippen LogP contribution in [0.1, 0.15) is 265 Å². The first kappa shape index (κ1) is 60.1. The maximum Gasteiger partial charge on any atom is 0.306 e. The van der Waals surface area contributed by atoms with Gasteiger partial charge in [0, 0.05) is 19.3 Å². The van der Waals surface area contributed by atoms with Gasteiger partial charge in [0.05, 0.1) is 0 Å². The Morgan fingerprint density at radius 3 is 0.937 bits per heavy atom. The zero-order chi connectivity index (χ0) is 45.8. The minimum absolute atomic E-state index is 0.0864. The summed E-state index contributed by atoms with van der Waals surface area (Å²) in [5.74, 6) is -0.914. The van der Waals surface area contributed by atoms with Gasteiger partial charge in [-0.25, -0.2) is 0 Å². The van der Waals surface area contributed by atoms with Gasteiger partial charge in [-0.3, -0.25) is 14.4 Å². The molecule has 0 aromatic carbocycles. The number of carbonyl (C=O) groups excluding carboxylic acids is 3. The summed E-state index contributed by atoms with van der Waals surface area (Å²) < 4.78 is 16.8. The van der Waals surface area contributed by atoms with Gasteiger partial charge in [0.25, 0.3) is 0 Å². The van der Waals surface area contributed by atoms with Gasteiger partial charge in [0.1, 0.15) is 13.2 Å². The van der Waals surface area contributed by atoms with E-state index in [4.69, 9.17) is 14.2 Å². The zero-order valence-corrected chi connectivity index (χ0v) is 41.6. The first-order valence-corrected chi connectivity index (χ1v) is 26.8. The zero-order valence-electron chi connectivity index (χ0n) is 41.6. The van der Waals surface area contributed by atoms with Crippen LogP contribution >= 0.6 is 0 Å². The van der Waals surface area contributed by atoms with E-state index in [2.05, 4.69) is 81.5 Å². The standard InChI is InChI=1S/C57H100O6/c1-4-7-10-13-16-19-22-25-28-29-30-33-35-38-41-44-47-50-56(59)62-53-54(63-57(60)51-48-45-42-39-36-32-27-24-21-18-15-12-9-6-3)52-61-55(58)49-46-43-40-37-34-31-26-23-20-17-14-11-8-5-2/h14-15,17-18,23-28,54H,4-13,16,19-22,29-53H2,1-3H3/b17-14+,18-15+,26-23+,27-24+,28-25+/t54-/m1/s1. The molecule has 6 nitrogen and oxygen atoms in total. The molecule has 0 radical (unpaired) electrons. The molecule has 0 saturated carbocycles. The van der Waals surface area contributed by atoms with Crippen LogP contribution in [0.15, 0.2) is 60.8 Å². The van der Waals surface area contributed by atoms with Crippen LogP contribution in [-0.2, 0) is 28.6 Å². The van der Waals surface area contributed by atoms with Gasteiger partial charge >= 0.3 is 17.9 Å². The fraction of sp³-hybridized carbons (Fsp3) is 0.772. The fourth-order valence-corrected chi connectivity index (χ4v) is 7.35. The topological polar surface area (TPSA) is 78.9 Å². The molecular formula is C57H100O6. The Morgan fingerprint density at radius 2 is 0.587 bits per heavy atom. The monoisotopic (exact) mass is 881 g/mol. The second kappa shape index (κ2) is 51.7. The van der Waals surface area contributed by atoms with E-state index in [-0.39, 0.29) is 31.1 Å². The Kier molecular flexibility index (Phi) is 49.4. The van der Waals surface area contributed by atoms with Gasteiger partial charge in [0.2, 0.25) is 0 Å². The van der Waals surface area contributed by atoms with E-state index in [1.807, 2.05) is 0 Å². The summed E-state index contributed by atoms with van der Waals surface area (Å²) >= 11 is 0. The van der Waals surface area contributed by atoms with Crippen LogP contribution in [0.4, 0.5) is 0 Å². The minimum Gasteiger partial charge on any atom is -0.462 e. The van der Waals surface area contributed by atoms with E-state index >= 15 is 0 Å². The van der Waals surface area contributed by atoms with Crippen LogP contribution < -0.4 is 0 Å². The van der Waals surface area contributed by atoms with Crippen molar-refractivity contribution in [2.24, 2.45) is 0 Å². The molecule has 0 fully saturated rings. The van der Waals surface area contributed by atoms with E-state index in [9.17, 15) is 14.4 Å². The van der Waals surface area contributed by atoms with Gasteiger partial charge in [-0.2, -0.15) is 0 Å². The Labute approximate surface area is 390 Å². The third kappa shape index (κ3) is 50.0. The van der Waals surface area contributed by atoms with Gasteiger partial charge in [0.15, 0.2) is 6.10 Å². The van der Waals surface area contributed by atoms with E-state index in [0.29, 0.717) is 19.3 Å². The average Bonchev–Trinajstić information content (AvgIpc) is 3.28. The lowest BCUT2D eigenvalue weighted by molar-refractivity contribution is -0.167. The molecule has 0 bridgehead atoms. The summed E-state index contributed by atoms with van der Waals surface area (Å²) in [6.07, 6.45) is 63.4. The van der Waals surface area contributed by atoms with Crippen LogP contribution in [0.3, 0.4) is 0 Å². The highest BCUT2D eigenvalue weighted by Crippen LogP contribution is 2.14. The van der Waals surface area contributed by atoms with E-state index in [1.54, 1.807) is 0 Å². The summed E-state index contributed by atoms with van der Waals surface area (Å²) in [5, 5.41) is 0. The molecule has 0 amide bonds. The van der Waals surface area contributed by atoms with Crippen LogP contribution in [0, 0.1) is 0 Å². The molecule has 0 aromatic rings. The molecule has 1 atom stereocenters. The van der Waals surface area contributed by atoms with Crippen molar-refractivity contribution in [1.29, 1.82) is 0 Å². The quantitative estimate of drug-likeness (QED) is 0.0262. The lowest BCUT2D eigenvalue weighted by atomic mass is 10.1. The number of allylic oxidation sites excluding steroid dienone is 10. The molecule has 0 rings (SSSR count). The summed E-state index contributed by atoms with van der Waals surface area (Å²) in [7, 11) is 0. The van der Waals surface area contributed by atoms with Gasteiger partial charge < -0.3 is 14.2 Å². The Hall–Kier alpha value is -2.89. The largest absolute Gasteiger partial charge is 0.462 e. The summed E-state index contributed by atoms with van der Waals surface area (Å²) in [6, 6.07) is 0. The summed E-state index contributed by atoms with van der Waals surface area (Å²) in [6.45, 7) is 6.54. The summed E-state index contributed by atoms with van der Waals surface area (Å²) in [5.41, 5.74) is 0. The highest BCUT2D eigenvalue weighted by Gasteiger charge is 2.19. The van der Waals surface area contributed by atoms with Crippen molar-refractivity contribution < 1.29 is 28.6 Å². The number of hydrogen-bond donors (Lipinski definition) is 0. The van der Waals surface area contributed by atoms with Crippen LogP contribution in [0.5, 0.6) is 0 Å². The molecular weight excluding hydrogens is 781 g/mol. The Morgan fingerprint density at radius 1 is 0.317 bits per heavy atom. The van der Waals surface area contributed by atoms with Crippen LogP contribution in [0.2, 0.25) is 0 Å². The first-order valence-electron chi connectivity index (χ1n) is 26.8. The molecule has 63 heavy (non-hydrogen) atoms. The number of rotatable bonds is 48. The fourth-order valence-electron chi connectivity index (χ4n) is 7.35. The molecule has 0 spiro atoms.